The van der Waals surface area contributed by atoms with E-state index in [1.165, 1.54) is 35.2 Å². The number of carbonyl (C=O) groups is 2. The molecule has 0 saturated heterocycles. The fraction of sp³-hybridized carbons (Fsp3) is 0.269. The van der Waals surface area contributed by atoms with Crippen LogP contribution in [-0.2, 0) is 11.8 Å². The second-order valence-electron chi connectivity index (χ2n) is 8.29. The van der Waals surface area contributed by atoms with Crippen molar-refractivity contribution in [3.05, 3.63) is 83.4 Å². The molecule has 35 heavy (non-hydrogen) atoms. The Morgan fingerprint density at radius 2 is 1.91 bits per heavy atom. The van der Waals surface area contributed by atoms with Gasteiger partial charge in [0.25, 0.3) is 11.8 Å². The molecule has 8 nitrogen and oxygen atoms in total. The summed E-state index contributed by atoms with van der Waals surface area (Å²) in [7, 11) is 6.55. The van der Waals surface area contributed by atoms with Crippen LogP contribution in [0.5, 0.6) is 11.5 Å². The fourth-order valence-electron chi connectivity index (χ4n) is 4.19. The molecule has 1 aliphatic heterocycles. The first-order valence-corrected chi connectivity index (χ1v) is 11.1. The molecule has 0 N–H and O–H groups in total. The second kappa shape index (κ2) is 10.0. The smallest absolute Gasteiger partial charge is 0.262 e. The molecule has 2 heterocycles. The van der Waals surface area contributed by atoms with E-state index in [1.54, 1.807) is 26.4 Å². The van der Waals surface area contributed by atoms with Gasteiger partial charge in [-0.05, 0) is 48.5 Å². The lowest BCUT2D eigenvalue weighted by molar-refractivity contribution is -0.133. The number of amides is 2. The summed E-state index contributed by atoms with van der Waals surface area (Å²) in [4.78, 5) is 27.5. The molecule has 3 aromatic rings. The number of likely N-dealkylation sites (N-methyl/N-ethyl adjacent to an activating group) is 1. The van der Waals surface area contributed by atoms with Crippen LogP contribution in [0.4, 0.5) is 4.39 Å². The van der Waals surface area contributed by atoms with Crippen molar-refractivity contribution in [2.75, 3.05) is 27.8 Å². The topological polar surface area (TPSA) is 76.4 Å². The van der Waals surface area contributed by atoms with Crippen LogP contribution in [0.25, 0.3) is 0 Å². The van der Waals surface area contributed by atoms with Gasteiger partial charge in [-0.25, -0.2) is 9.40 Å². The van der Waals surface area contributed by atoms with Crippen LogP contribution < -0.4 is 9.47 Å². The van der Waals surface area contributed by atoms with E-state index < -0.39 is 17.8 Å². The lowest BCUT2D eigenvalue weighted by Crippen LogP contribution is -2.39. The molecule has 1 unspecified atom stereocenters. The molecule has 2 aromatic carbocycles. The van der Waals surface area contributed by atoms with Gasteiger partial charge in [-0.15, -0.1) is 0 Å². The van der Waals surface area contributed by atoms with Gasteiger partial charge in [0.2, 0.25) is 0 Å². The molecule has 1 aromatic heterocycles. The van der Waals surface area contributed by atoms with Gasteiger partial charge in [0.05, 0.1) is 31.7 Å². The van der Waals surface area contributed by atoms with Crippen LogP contribution in [0.15, 0.2) is 65.9 Å². The largest absolute Gasteiger partial charge is 0.497 e. The van der Waals surface area contributed by atoms with E-state index in [0.29, 0.717) is 17.9 Å². The zero-order chi connectivity index (χ0) is 25.1. The van der Waals surface area contributed by atoms with Crippen LogP contribution in [0.1, 0.15) is 34.1 Å². The van der Waals surface area contributed by atoms with E-state index in [-0.39, 0.29) is 18.0 Å². The molecule has 182 valence electrons. The maximum absolute atomic E-state index is 13.6. The third-order valence-electron chi connectivity index (χ3n) is 5.99. The van der Waals surface area contributed by atoms with Gasteiger partial charge >= 0.3 is 0 Å². The molecule has 0 radical (unpaired) electrons. The highest BCUT2D eigenvalue weighted by atomic mass is 19.1. The Labute approximate surface area is 203 Å². The van der Waals surface area contributed by atoms with Crippen molar-refractivity contribution in [3.63, 3.8) is 0 Å². The summed E-state index contributed by atoms with van der Waals surface area (Å²) < 4.78 is 26.5. The number of halogens is 1. The van der Waals surface area contributed by atoms with Crippen molar-refractivity contribution in [2.24, 2.45) is 12.1 Å². The van der Waals surface area contributed by atoms with Crippen LogP contribution in [-0.4, -0.2) is 59.8 Å². The van der Waals surface area contributed by atoms with E-state index in [9.17, 15) is 14.0 Å². The zero-order valence-corrected chi connectivity index (χ0v) is 20.1. The third-order valence-corrected chi connectivity index (χ3v) is 5.99. The first-order chi connectivity index (χ1) is 16.8. The number of ether oxygens (including phenoxy) is 2. The number of nitrogens with zero attached hydrogens (tertiary/aromatic N) is 4. The molecule has 4 rings (SSSR count). The highest BCUT2D eigenvalue weighted by Gasteiger charge is 2.36. The number of rotatable bonds is 7. The van der Waals surface area contributed by atoms with Crippen LogP contribution >= 0.6 is 0 Å². The SMILES string of the molecule is COc1ccc(OC)c(C2CC(c3cccn3C)=NN2C(=O)CN(C)C(=O)c2cccc(F)c2)c1. The number of benzene rings is 2. The Morgan fingerprint density at radius 1 is 1.11 bits per heavy atom. The lowest BCUT2D eigenvalue weighted by Gasteiger charge is -2.26. The molecule has 1 atom stereocenters. The molecule has 1 aliphatic rings. The van der Waals surface area contributed by atoms with Gasteiger partial charge < -0.3 is 18.9 Å². The molecule has 0 spiro atoms. The first kappa shape index (κ1) is 24.0. The number of hydrazone groups is 1. The number of carbonyl (C=O) groups excluding carboxylic acids is 2. The first-order valence-electron chi connectivity index (χ1n) is 11.1. The predicted molar refractivity (Wildman–Crippen MR) is 129 cm³/mol. The zero-order valence-electron chi connectivity index (χ0n) is 20.1. The summed E-state index contributed by atoms with van der Waals surface area (Å²) in [5, 5.41) is 6.06. The Balaban J connectivity index is 1.66. The summed E-state index contributed by atoms with van der Waals surface area (Å²) >= 11 is 0. The van der Waals surface area contributed by atoms with Gasteiger partial charge in [-0.3, -0.25) is 9.59 Å². The van der Waals surface area contributed by atoms with Gasteiger partial charge in [0.1, 0.15) is 23.9 Å². The number of aromatic nitrogens is 1. The molecule has 0 saturated carbocycles. The Bertz CT molecular complexity index is 1290. The molecule has 2 amide bonds. The predicted octanol–water partition coefficient (Wildman–Crippen LogP) is 3.63. The van der Waals surface area contributed by atoms with Crippen LogP contribution in [0.2, 0.25) is 0 Å². The second-order valence-corrected chi connectivity index (χ2v) is 8.29. The highest BCUT2D eigenvalue weighted by molar-refractivity contribution is 6.03. The molecular formula is C26H27FN4O4. The van der Waals surface area contributed by atoms with Crippen molar-refractivity contribution in [1.29, 1.82) is 0 Å². The van der Waals surface area contributed by atoms with Gasteiger partial charge in [-0.2, -0.15) is 5.10 Å². The Morgan fingerprint density at radius 3 is 2.57 bits per heavy atom. The number of aryl methyl sites for hydroxylation is 1. The molecule has 0 bridgehead atoms. The maximum Gasteiger partial charge on any atom is 0.262 e. The molecule has 0 fully saturated rings. The van der Waals surface area contributed by atoms with Crippen LogP contribution in [0.3, 0.4) is 0 Å². The van der Waals surface area contributed by atoms with Crippen molar-refractivity contribution in [1.82, 2.24) is 14.5 Å². The minimum absolute atomic E-state index is 0.167. The summed E-state index contributed by atoms with van der Waals surface area (Å²) in [6.45, 7) is -0.234. The standard InChI is InChI=1S/C26H27FN4O4/c1-29-12-6-9-22(29)21-15-23(20-14-19(34-3)10-11-24(20)35-4)31(28-21)25(32)16-30(2)26(33)17-7-5-8-18(27)13-17/h5-14,23H,15-16H2,1-4H3. The van der Waals surface area contributed by atoms with Gasteiger partial charge in [0, 0.05) is 37.8 Å². The number of hydrogen-bond donors (Lipinski definition) is 0. The molecule has 0 aliphatic carbocycles. The van der Waals surface area contributed by atoms with E-state index >= 15 is 0 Å². The Hall–Kier alpha value is -4.14. The average molecular weight is 479 g/mol. The third kappa shape index (κ3) is 4.89. The lowest BCUT2D eigenvalue weighted by atomic mass is 9.99. The van der Waals surface area contributed by atoms with E-state index in [4.69, 9.17) is 9.47 Å². The van der Waals surface area contributed by atoms with Crippen molar-refractivity contribution >= 4 is 17.5 Å². The minimum atomic E-state index is -0.517. The van der Waals surface area contributed by atoms with E-state index in [0.717, 1.165) is 23.0 Å². The van der Waals surface area contributed by atoms with Gasteiger partial charge in [0.15, 0.2) is 0 Å². The van der Waals surface area contributed by atoms with E-state index in [1.807, 2.05) is 36.0 Å². The maximum atomic E-state index is 13.6. The number of hydrogen-bond acceptors (Lipinski definition) is 5. The van der Waals surface area contributed by atoms with Crippen molar-refractivity contribution in [2.45, 2.75) is 12.5 Å². The molecule has 9 heteroatoms. The monoisotopic (exact) mass is 478 g/mol. The van der Waals surface area contributed by atoms with E-state index in [2.05, 4.69) is 5.10 Å². The minimum Gasteiger partial charge on any atom is -0.497 e. The normalized spacial score (nSPS) is 15.1. The fourth-order valence-corrected chi connectivity index (χ4v) is 4.19. The van der Waals surface area contributed by atoms with Gasteiger partial charge in [-0.1, -0.05) is 6.07 Å². The van der Waals surface area contributed by atoms with Crippen molar-refractivity contribution < 1.29 is 23.5 Å². The average Bonchev–Trinajstić information content (AvgIpc) is 3.49. The molecular weight excluding hydrogens is 451 g/mol. The summed E-state index contributed by atoms with van der Waals surface area (Å²) in [5.74, 6) is -0.132. The van der Waals surface area contributed by atoms with Crippen LogP contribution in [0, 0.1) is 5.82 Å². The summed E-state index contributed by atoms with van der Waals surface area (Å²) in [5.41, 5.74) is 2.53. The summed E-state index contributed by atoms with van der Waals surface area (Å²) in [6, 6.07) is 14.2. The Kier molecular flexibility index (Phi) is 6.86. The number of methoxy groups -OCH3 is 2. The highest BCUT2D eigenvalue weighted by Crippen LogP contribution is 2.39. The summed E-state index contributed by atoms with van der Waals surface area (Å²) in [6.07, 6.45) is 2.36. The van der Waals surface area contributed by atoms with Crippen molar-refractivity contribution in [3.8, 4) is 11.5 Å². The quantitative estimate of drug-likeness (QED) is 0.520.